The van der Waals surface area contributed by atoms with Crippen LogP contribution in [0.3, 0.4) is 0 Å². The van der Waals surface area contributed by atoms with Gasteiger partial charge < -0.3 is 14.8 Å². The minimum Gasteiger partial charge on any atom is -0.464 e. The third-order valence-corrected chi connectivity index (χ3v) is 4.13. The van der Waals surface area contributed by atoms with Crippen LogP contribution in [0.1, 0.15) is 38.4 Å². The number of ether oxygens (including phenoxy) is 2. The fraction of sp³-hybridized carbons (Fsp3) is 0.529. The van der Waals surface area contributed by atoms with Gasteiger partial charge in [-0.05, 0) is 25.3 Å². The standard InChI is InChI=1S/C17H25NO7S/c1-3-11-25-15(13-8-6-5-7-9-13)16(19)18-14(17(20)24-4-2)10-12-26(21,22)23/h5-9,14-15H,3-4,10-12H2,1-2H3,(H,18,19)(H,21,22,23)/t14-,15?/m0/s1. The molecule has 0 saturated heterocycles. The van der Waals surface area contributed by atoms with Crippen molar-refractivity contribution in [3.8, 4) is 0 Å². The Kier molecular flexibility index (Phi) is 9.25. The second kappa shape index (κ2) is 10.9. The summed E-state index contributed by atoms with van der Waals surface area (Å²) >= 11 is 0. The first-order chi connectivity index (χ1) is 12.3. The molecule has 1 rings (SSSR count). The minimum absolute atomic E-state index is 0.0749. The van der Waals surface area contributed by atoms with E-state index in [1.807, 2.05) is 6.92 Å². The Hall–Kier alpha value is -1.97. The topological polar surface area (TPSA) is 119 Å². The third kappa shape index (κ3) is 7.94. The summed E-state index contributed by atoms with van der Waals surface area (Å²) < 4.78 is 41.3. The zero-order chi connectivity index (χ0) is 19.6. The molecule has 9 heteroatoms. The van der Waals surface area contributed by atoms with Crippen molar-refractivity contribution < 1.29 is 32.0 Å². The number of amides is 1. The maximum absolute atomic E-state index is 12.6. The highest BCUT2D eigenvalue weighted by Crippen LogP contribution is 2.18. The lowest BCUT2D eigenvalue weighted by Gasteiger charge is -2.22. The SMILES string of the molecule is CCCOC(C(=O)N[C@@H](CCS(=O)(=O)O)C(=O)OCC)c1ccccc1. The molecular weight excluding hydrogens is 362 g/mol. The molecular formula is C17H25NO7S. The van der Waals surface area contributed by atoms with E-state index in [-0.39, 0.29) is 13.0 Å². The van der Waals surface area contributed by atoms with E-state index in [1.165, 1.54) is 0 Å². The maximum Gasteiger partial charge on any atom is 0.328 e. The van der Waals surface area contributed by atoms with Crippen LogP contribution in [0.2, 0.25) is 0 Å². The van der Waals surface area contributed by atoms with Gasteiger partial charge >= 0.3 is 5.97 Å². The van der Waals surface area contributed by atoms with Crippen LogP contribution in [-0.4, -0.2) is 49.9 Å². The van der Waals surface area contributed by atoms with Crippen LogP contribution in [0, 0.1) is 0 Å². The third-order valence-electron chi connectivity index (χ3n) is 3.38. The number of rotatable bonds is 11. The van der Waals surface area contributed by atoms with Crippen molar-refractivity contribution in [2.45, 2.75) is 38.8 Å². The first-order valence-corrected chi connectivity index (χ1v) is 9.98. The highest BCUT2D eigenvalue weighted by Gasteiger charge is 2.29. The van der Waals surface area contributed by atoms with Crippen LogP contribution >= 0.6 is 0 Å². The van der Waals surface area contributed by atoms with Crippen LogP contribution in [0.15, 0.2) is 30.3 Å². The van der Waals surface area contributed by atoms with Gasteiger partial charge in [0.15, 0.2) is 6.10 Å². The van der Waals surface area contributed by atoms with Gasteiger partial charge in [-0.25, -0.2) is 4.79 Å². The summed E-state index contributed by atoms with van der Waals surface area (Å²) in [6, 6.07) is 7.54. The lowest BCUT2D eigenvalue weighted by molar-refractivity contribution is -0.149. The molecule has 1 aromatic rings. The van der Waals surface area contributed by atoms with E-state index in [1.54, 1.807) is 37.3 Å². The van der Waals surface area contributed by atoms with Gasteiger partial charge in [0, 0.05) is 6.61 Å². The van der Waals surface area contributed by atoms with Crippen molar-refractivity contribution in [2.24, 2.45) is 0 Å². The molecule has 0 heterocycles. The molecule has 1 amide bonds. The van der Waals surface area contributed by atoms with E-state index >= 15 is 0 Å². The van der Waals surface area contributed by atoms with Gasteiger partial charge in [0.05, 0.1) is 12.4 Å². The van der Waals surface area contributed by atoms with Crippen molar-refractivity contribution in [3.63, 3.8) is 0 Å². The van der Waals surface area contributed by atoms with E-state index in [0.717, 1.165) is 0 Å². The van der Waals surface area contributed by atoms with Crippen molar-refractivity contribution in [2.75, 3.05) is 19.0 Å². The molecule has 26 heavy (non-hydrogen) atoms. The Morgan fingerprint density at radius 2 is 1.85 bits per heavy atom. The molecule has 0 fully saturated rings. The molecule has 0 aliphatic rings. The van der Waals surface area contributed by atoms with Crippen LogP contribution in [0.25, 0.3) is 0 Å². The zero-order valence-corrected chi connectivity index (χ0v) is 15.7. The van der Waals surface area contributed by atoms with Crippen LogP contribution in [-0.2, 0) is 29.2 Å². The average molecular weight is 387 g/mol. The molecule has 0 spiro atoms. The van der Waals surface area contributed by atoms with Gasteiger partial charge in [0.25, 0.3) is 16.0 Å². The van der Waals surface area contributed by atoms with Crippen molar-refractivity contribution >= 4 is 22.0 Å². The van der Waals surface area contributed by atoms with Gasteiger partial charge in [0.2, 0.25) is 0 Å². The Morgan fingerprint density at radius 3 is 2.38 bits per heavy atom. The van der Waals surface area contributed by atoms with Crippen LogP contribution in [0.4, 0.5) is 0 Å². The summed E-state index contributed by atoms with van der Waals surface area (Å²) in [5.41, 5.74) is 0.607. The number of esters is 1. The van der Waals surface area contributed by atoms with Gasteiger partial charge in [-0.3, -0.25) is 9.35 Å². The summed E-state index contributed by atoms with van der Waals surface area (Å²) in [6.45, 7) is 3.90. The van der Waals surface area contributed by atoms with Crippen molar-refractivity contribution in [3.05, 3.63) is 35.9 Å². The van der Waals surface area contributed by atoms with E-state index in [9.17, 15) is 18.0 Å². The molecule has 0 aliphatic heterocycles. The number of hydrogen-bond donors (Lipinski definition) is 2. The lowest BCUT2D eigenvalue weighted by Crippen LogP contribution is -2.45. The maximum atomic E-state index is 12.6. The molecule has 2 atom stereocenters. The highest BCUT2D eigenvalue weighted by molar-refractivity contribution is 7.85. The molecule has 1 aromatic carbocycles. The highest BCUT2D eigenvalue weighted by atomic mass is 32.2. The van der Waals surface area contributed by atoms with Gasteiger partial charge in [-0.2, -0.15) is 8.42 Å². The van der Waals surface area contributed by atoms with E-state index < -0.39 is 39.9 Å². The predicted octanol–water partition coefficient (Wildman–Crippen LogP) is 1.48. The average Bonchev–Trinajstić information content (AvgIpc) is 2.59. The Bertz CT molecular complexity index is 676. The second-order valence-corrected chi connectivity index (χ2v) is 7.12. The molecule has 1 unspecified atom stereocenters. The van der Waals surface area contributed by atoms with E-state index in [4.69, 9.17) is 14.0 Å². The Labute approximate surface area is 153 Å². The molecule has 0 radical (unpaired) electrons. The van der Waals surface area contributed by atoms with Crippen molar-refractivity contribution in [1.82, 2.24) is 5.32 Å². The molecule has 0 saturated carbocycles. The quantitative estimate of drug-likeness (QED) is 0.436. The largest absolute Gasteiger partial charge is 0.464 e. The molecule has 0 bridgehead atoms. The first kappa shape index (κ1) is 22.1. The number of carbonyl (C=O) groups is 2. The molecule has 8 nitrogen and oxygen atoms in total. The minimum atomic E-state index is -4.28. The van der Waals surface area contributed by atoms with Gasteiger partial charge in [-0.1, -0.05) is 37.3 Å². The summed E-state index contributed by atoms with van der Waals surface area (Å²) in [5, 5.41) is 2.47. The summed E-state index contributed by atoms with van der Waals surface area (Å²) in [5.74, 6) is -2.03. The molecule has 2 N–H and O–H groups in total. The predicted molar refractivity (Wildman–Crippen MR) is 95.0 cm³/mol. The summed E-state index contributed by atoms with van der Waals surface area (Å²) in [7, 11) is -4.28. The van der Waals surface area contributed by atoms with Crippen LogP contribution < -0.4 is 5.32 Å². The summed E-state index contributed by atoms with van der Waals surface area (Å²) in [6.07, 6.45) is -0.557. The smallest absolute Gasteiger partial charge is 0.328 e. The number of hydrogen-bond acceptors (Lipinski definition) is 6. The molecule has 0 aromatic heterocycles. The number of carbonyl (C=O) groups excluding carboxylic acids is 2. The zero-order valence-electron chi connectivity index (χ0n) is 14.9. The molecule has 0 aliphatic carbocycles. The van der Waals surface area contributed by atoms with Gasteiger partial charge in [-0.15, -0.1) is 0 Å². The fourth-order valence-electron chi connectivity index (χ4n) is 2.19. The van der Waals surface area contributed by atoms with Crippen LogP contribution in [0.5, 0.6) is 0 Å². The second-order valence-electron chi connectivity index (χ2n) is 5.55. The Morgan fingerprint density at radius 1 is 1.19 bits per heavy atom. The van der Waals surface area contributed by atoms with E-state index in [2.05, 4.69) is 5.32 Å². The summed E-state index contributed by atoms with van der Waals surface area (Å²) in [4.78, 5) is 24.7. The van der Waals surface area contributed by atoms with Crippen molar-refractivity contribution in [1.29, 1.82) is 0 Å². The lowest BCUT2D eigenvalue weighted by atomic mass is 10.1. The van der Waals surface area contributed by atoms with Gasteiger partial charge in [0.1, 0.15) is 6.04 Å². The number of nitrogens with one attached hydrogen (secondary N) is 1. The fourth-order valence-corrected chi connectivity index (χ4v) is 2.73. The molecule has 146 valence electrons. The normalized spacial score (nSPS) is 13.7. The number of benzene rings is 1. The van der Waals surface area contributed by atoms with E-state index in [0.29, 0.717) is 18.6 Å². The first-order valence-electron chi connectivity index (χ1n) is 8.37. The Balaban J connectivity index is 2.93. The monoisotopic (exact) mass is 387 g/mol.